The highest BCUT2D eigenvalue weighted by atomic mass is 35.5. The lowest BCUT2D eigenvalue weighted by Gasteiger charge is -2.11. The van der Waals surface area contributed by atoms with Gasteiger partial charge in [-0.2, -0.15) is 4.57 Å². The van der Waals surface area contributed by atoms with Gasteiger partial charge in [-0.25, -0.2) is 0 Å². The van der Waals surface area contributed by atoms with Crippen LogP contribution in [0.3, 0.4) is 0 Å². The molecule has 0 atom stereocenters. The molecule has 0 aliphatic rings. The van der Waals surface area contributed by atoms with E-state index in [-0.39, 0.29) is 5.76 Å². The monoisotopic (exact) mass is 429 g/mol. The summed E-state index contributed by atoms with van der Waals surface area (Å²) in [5.41, 5.74) is 2.95. The average molecular weight is 430 g/mol. The van der Waals surface area contributed by atoms with Crippen molar-refractivity contribution in [3.63, 3.8) is 0 Å². The van der Waals surface area contributed by atoms with Crippen LogP contribution in [0.1, 0.15) is 16.7 Å². The van der Waals surface area contributed by atoms with E-state index in [1.165, 1.54) is 0 Å². The lowest BCUT2D eigenvalue weighted by Crippen LogP contribution is -2.41. The minimum absolute atomic E-state index is 0.0475. The van der Waals surface area contributed by atoms with Gasteiger partial charge in [0, 0.05) is 28.8 Å². The number of hydrogen-bond acceptors (Lipinski definition) is 2. The lowest BCUT2D eigenvalue weighted by molar-refractivity contribution is -0.576. The normalized spacial score (nSPS) is 11.7. The lowest BCUT2D eigenvalue weighted by atomic mass is 10.1. The van der Waals surface area contributed by atoms with Gasteiger partial charge in [0.15, 0.2) is 17.4 Å². The van der Waals surface area contributed by atoms with Crippen molar-refractivity contribution in [3.05, 3.63) is 99.8 Å². The number of nitrogens with one attached hydrogen (secondary N) is 1. The Morgan fingerprint density at radius 3 is 2.54 bits per heavy atom. The van der Waals surface area contributed by atoms with E-state index in [1.54, 1.807) is 22.8 Å². The van der Waals surface area contributed by atoms with Crippen LogP contribution in [0.15, 0.2) is 73.1 Å². The maximum absolute atomic E-state index is 11.1. The van der Waals surface area contributed by atoms with Crippen LogP contribution < -0.4 is 9.88 Å². The number of rotatable bonds is 5. The number of pyridine rings is 1. The molecule has 1 aromatic heterocycles. The predicted molar refractivity (Wildman–Crippen MR) is 119 cm³/mol. The van der Waals surface area contributed by atoms with E-state index in [2.05, 4.69) is 5.32 Å². The summed E-state index contributed by atoms with van der Waals surface area (Å²) in [4.78, 5) is 0.396. The first-order valence-corrected chi connectivity index (χ1v) is 9.81. The molecule has 0 aliphatic heterocycles. The summed E-state index contributed by atoms with van der Waals surface area (Å²) in [6.07, 6.45) is 3.72. The molecule has 142 valence electrons. The summed E-state index contributed by atoms with van der Waals surface area (Å²) in [5.74, 6) is -0.0475. The minimum Gasteiger partial charge on any atom is -0.502 e. The van der Waals surface area contributed by atoms with Crippen LogP contribution in [-0.2, 0) is 6.54 Å². The summed E-state index contributed by atoms with van der Waals surface area (Å²) >= 11 is 18.0. The Morgan fingerprint density at radius 1 is 1.07 bits per heavy atom. The molecular weight excluding hydrogens is 411 g/mol. The summed E-state index contributed by atoms with van der Waals surface area (Å²) in [6.45, 7) is 2.50. The largest absolute Gasteiger partial charge is 0.502 e. The van der Waals surface area contributed by atoms with Gasteiger partial charge in [-0.1, -0.05) is 65.8 Å². The third-order valence-corrected chi connectivity index (χ3v) is 5.03. The molecular formula is C22H19Cl2N2OS+. The molecule has 2 N–H and O–H groups in total. The van der Waals surface area contributed by atoms with E-state index < -0.39 is 0 Å². The van der Waals surface area contributed by atoms with E-state index in [4.69, 9.17) is 35.4 Å². The number of halogens is 2. The number of aromatic nitrogens is 1. The van der Waals surface area contributed by atoms with Crippen LogP contribution in [0.25, 0.3) is 11.5 Å². The first-order chi connectivity index (χ1) is 13.5. The molecule has 0 unspecified atom stereocenters. The molecule has 0 fully saturated rings. The maximum atomic E-state index is 11.1. The van der Waals surface area contributed by atoms with Crippen molar-refractivity contribution in [1.29, 1.82) is 0 Å². The summed E-state index contributed by atoms with van der Waals surface area (Å²) in [7, 11) is 0. The molecule has 1 heterocycles. The highest BCUT2D eigenvalue weighted by Crippen LogP contribution is 2.28. The van der Waals surface area contributed by atoms with Crippen molar-refractivity contribution in [2.75, 3.05) is 0 Å². The molecule has 0 saturated carbocycles. The molecule has 0 amide bonds. The van der Waals surface area contributed by atoms with Gasteiger partial charge in [-0.15, -0.1) is 0 Å². The van der Waals surface area contributed by atoms with E-state index in [1.807, 2.05) is 61.8 Å². The average Bonchev–Trinajstić information content (AvgIpc) is 2.69. The fourth-order valence-corrected chi connectivity index (χ4v) is 3.40. The Kier molecular flexibility index (Phi) is 6.68. The van der Waals surface area contributed by atoms with Crippen LogP contribution in [0.4, 0.5) is 0 Å². The zero-order chi connectivity index (χ0) is 20.1. The molecule has 0 bridgehead atoms. The molecule has 3 nitrogen and oxygen atoms in total. The molecule has 0 spiro atoms. The van der Waals surface area contributed by atoms with Crippen molar-refractivity contribution >= 4 is 51.9 Å². The zero-order valence-corrected chi connectivity index (χ0v) is 17.5. The Hall–Kier alpha value is -2.40. The highest BCUT2D eigenvalue weighted by molar-refractivity contribution is 7.81. The molecule has 0 saturated heterocycles. The summed E-state index contributed by atoms with van der Waals surface area (Å²) in [6, 6.07) is 18.7. The van der Waals surface area contributed by atoms with E-state index >= 15 is 0 Å². The molecule has 6 heteroatoms. The quantitative estimate of drug-likeness (QED) is 0.240. The number of aliphatic hydroxyl groups excluding tert-OH is 1. The second-order valence-corrected chi connectivity index (χ2v) is 7.53. The molecule has 0 aliphatic carbocycles. The number of hydrogen-bond donors (Lipinski definition) is 2. The van der Waals surface area contributed by atoms with Crippen LogP contribution in [0, 0.1) is 6.92 Å². The Morgan fingerprint density at radius 2 is 1.82 bits per heavy atom. The number of aliphatic hydroxyl groups is 1. The van der Waals surface area contributed by atoms with E-state index in [0.717, 1.165) is 11.1 Å². The first kappa shape index (κ1) is 20.3. The fraction of sp³-hybridized carbons (Fsp3) is 0.0909. The van der Waals surface area contributed by atoms with Crippen molar-refractivity contribution < 1.29 is 9.67 Å². The van der Waals surface area contributed by atoms with Gasteiger partial charge in [-0.05, 0) is 36.8 Å². The summed E-state index contributed by atoms with van der Waals surface area (Å²) in [5, 5.41) is 15.2. The maximum Gasteiger partial charge on any atom is 0.288 e. The third kappa shape index (κ3) is 4.90. The van der Waals surface area contributed by atoms with Crippen LogP contribution in [0.2, 0.25) is 10.0 Å². The Bertz CT molecular complexity index is 1040. The topological polar surface area (TPSA) is 36.1 Å². The molecule has 2 aromatic carbocycles. The summed E-state index contributed by atoms with van der Waals surface area (Å²) < 4.78 is 1.78. The second-order valence-electron chi connectivity index (χ2n) is 6.28. The second kappa shape index (κ2) is 9.20. The van der Waals surface area contributed by atoms with Gasteiger partial charge in [0.05, 0.1) is 5.02 Å². The van der Waals surface area contributed by atoms with Crippen LogP contribution in [-0.4, -0.2) is 10.1 Å². The van der Waals surface area contributed by atoms with Gasteiger partial charge in [0.1, 0.15) is 0 Å². The van der Waals surface area contributed by atoms with Crippen molar-refractivity contribution in [1.82, 2.24) is 5.32 Å². The highest BCUT2D eigenvalue weighted by Gasteiger charge is 2.25. The molecule has 3 aromatic rings. The van der Waals surface area contributed by atoms with Gasteiger partial charge in [0.2, 0.25) is 5.76 Å². The number of thiocarbonyl (C=S) groups is 1. The van der Waals surface area contributed by atoms with Gasteiger partial charge in [0.25, 0.3) is 5.70 Å². The number of nitrogens with zero attached hydrogens (tertiary/aromatic N) is 1. The fourth-order valence-electron chi connectivity index (χ4n) is 2.75. The Balaban J connectivity index is 2.04. The van der Waals surface area contributed by atoms with Gasteiger partial charge >= 0.3 is 0 Å². The van der Waals surface area contributed by atoms with Crippen LogP contribution >= 0.6 is 35.4 Å². The van der Waals surface area contributed by atoms with Crippen molar-refractivity contribution in [2.45, 2.75) is 13.5 Å². The predicted octanol–water partition coefficient (Wildman–Crippen LogP) is 5.59. The van der Waals surface area contributed by atoms with Crippen molar-refractivity contribution in [3.8, 4) is 0 Å². The Labute approximate surface area is 179 Å². The van der Waals surface area contributed by atoms with Crippen molar-refractivity contribution in [2.24, 2.45) is 0 Å². The first-order valence-electron chi connectivity index (χ1n) is 8.65. The zero-order valence-electron chi connectivity index (χ0n) is 15.2. The molecule has 3 rings (SSSR count). The van der Waals surface area contributed by atoms with E-state index in [9.17, 15) is 5.11 Å². The van der Waals surface area contributed by atoms with E-state index in [0.29, 0.717) is 32.8 Å². The third-order valence-electron chi connectivity index (χ3n) is 4.13. The molecule has 0 radical (unpaired) electrons. The minimum atomic E-state index is -0.0475. The van der Waals surface area contributed by atoms with Crippen LogP contribution in [0.5, 0.6) is 0 Å². The van der Waals surface area contributed by atoms with Gasteiger partial charge in [-0.3, -0.25) is 0 Å². The SMILES string of the molecule is Cc1ccc[n+](/C(C(=S)NCc2ccccc2)=C(/O)c2cc(Cl)ccc2Cl)c1. The molecule has 28 heavy (non-hydrogen) atoms. The number of benzene rings is 2. The smallest absolute Gasteiger partial charge is 0.288 e. The van der Waals surface area contributed by atoms with Gasteiger partial charge < -0.3 is 10.4 Å². The standard InChI is InChI=1S/C22H18Cl2N2OS/c1-15-6-5-11-26(14-15)20(21(27)18-12-17(23)9-10-19(18)24)22(28)25-13-16-7-3-2-4-8-16/h2-12,14H,13H2,1H3,(H-,25,27,28)/p+1. The number of aryl methyl sites for hydroxylation is 1.